The first-order valence-electron chi connectivity index (χ1n) is 7.26. The first-order chi connectivity index (χ1) is 10.0. The molecule has 3 rings (SSSR count). The minimum Gasteiger partial charge on any atom is -1.00 e. The van der Waals surface area contributed by atoms with Crippen molar-refractivity contribution in [2.45, 2.75) is 34.6 Å². The fourth-order valence-corrected chi connectivity index (χ4v) is 2.20. The molecule has 3 heteroatoms. The van der Waals surface area contributed by atoms with Gasteiger partial charge in [-0.3, -0.25) is 0 Å². The number of halogens is 2. The summed E-state index contributed by atoms with van der Waals surface area (Å²) >= 11 is 1.51. The van der Waals surface area contributed by atoms with Crippen LogP contribution in [0.4, 0.5) is 0 Å². The molecule has 0 N–H and O–H groups in total. The van der Waals surface area contributed by atoms with Gasteiger partial charge in [0.05, 0.1) is 0 Å². The summed E-state index contributed by atoms with van der Waals surface area (Å²) in [6.45, 7) is 10.7. The summed E-state index contributed by atoms with van der Waals surface area (Å²) < 4.78 is 2.09. The molecule has 0 aliphatic heterocycles. The molecule has 0 atom stereocenters. The molecule has 0 radical (unpaired) electrons. The minimum atomic E-state index is 0. The van der Waals surface area contributed by atoms with Gasteiger partial charge in [0, 0.05) is 0 Å². The number of rotatable bonds is 0. The van der Waals surface area contributed by atoms with Crippen molar-refractivity contribution in [1.29, 1.82) is 0 Å². The van der Waals surface area contributed by atoms with Gasteiger partial charge in [-0.1, -0.05) is 33.8 Å². The molecule has 0 saturated carbocycles. The number of fused-ring (bicyclic) bond motifs is 1. The van der Waals surface area contributed by atoms with Crippen LogP contribution in [0.5, 0.6) is 0 Å². The van der Waals surface area contributed by atoms with Gasteiger partial charge in [0.25, 0.3) is 0 Å². The zero-order valence-electron chi connectivity index (χ0n) is 14.5. The first kappa shape index (κ1) is 24.8. The molecule has 0 saturated heterocycles. The monoisotopic (exact) mass is 424 g/mol. The summed E-state index contributed by atoms with van der Waals surface area (Å²) in [7, 11) is 0. The molecule has 0 bridgehead atoms. The molecule has 0 aromatic heterocycles. The van der Waals surface area contributed by atoms with Gasteiger partial charge >= 0.3 is 34.9 Å². The van der Waals surface area contributed by atoms with Crippen LogP contribution in [0.3, 0.4) is 0 Å². The van der Waals surface area contributed by atoms with Crippen LogP contribution in [0.2, 0.25) is 0 Å². The average molecular weight is 427 g/mol. The maximum Gasteiger partial charge on any atom is -0.0630 e. The number of benzene rings is 1. The van der Waals surface area contributed by atoms with Gasteiger partial charge in [0.2, 0.25) is 0 Å². The van der Waals surface area contributed by atoms with Crippen molar-refractivity contribution >= 4 is 14.5 Å². The van der Waals surface area contributed by atoms with Crippen LogP contribution in [0.15, 0.2) is 48.5 Å². The van der Waals surface area contributed by atoms with Crippen molar-refractivity contribution in [3.8, 4) is 0 Å². The predicted octanol–water partition coefficient (Wildman–Crippen LogP) is -0.439. The summed E-state index contributed by atoms with van der Waals surface area (Å²) in [5.41, 5.74) is 5.75. The Morgan fingerprint density at radius 2 is 1.61 bits per heavy atom. The third-order valence-corrected chi connectivity index (χ3v) is 3.73. The maximum absolute atomic E-state index is 2.24. The van der Waals surface area contributed by atoms with Gasteiger partial charge in [-0.15, -0.1) is 29.7 Å². The Morgan fingerprint density at radius 1 is 1.04 bits per heavy atom. The van der Waals surface area contributed by atoms with Gasteiger partial charge in [0.1, 0.15) is 0 Å². The zero-order valence-corrected chi connectivity index (χ0v) is 18.4. The number of aryl methyl sites for hydroxylation is 2. The van der Waals surface area contributed by atoms with E-state index in [0.717, 1.165) is 0 Å². The number of hydrogen-bond donors (Lipinski definition) is 0. The van der Waals surface area contributed by atoms with E-state index in [2.05, 4.69) is 79.9 Å². The molecule has 0 aliphatic carbocycles. The van der Waals surface area contributed by atoms with Crippen LogP contribution >= 0.6 is 0 Å². The van der Waals surface area contributed by atoms with Crippen molar-refractivity contribution in [1.82, 2.24) is 0 Å². The van der Waals surface area contributed by atoms with E-state index in [4.69, 9.17) is 0 Å². The topological polar surface area (TPSA) is 0 Å². The Balaban J connectivity index is 0. The van der Waals surface area contributed by atoms with Crippen LogP contribution in [0, 0.1) is 27.7 Å². The smallest absolute Gasteiger partial charge is 0.0630 e. The second kappa shape index (κ2) is 12.9. The Kier molecular flexibility index (Phi) is 13.9. The molecule has 0 fully saturated rings. The molecular formula is C20H24Cl2Zr-2. The average Bonchev–Trinajstić information content (AvgIpc) is 3.02. The third-order valence-electron chi connectivity index (χ3n) is 3.73. The number of hydrogen-bond acceptors (Lipinski definition) is 0. The Morgan fingerprint density at radius 3 is 2.00 bits per heavy atom. The molecule has 23 heavy (non-hydrogen) atoms. The quantitative estimate of drug-likeness (QED) is 0.428. The van der Waals surface area contributed by atoms with E-state index in [1.807, 2.05) is 6.92 Å². The van der Waals surface area contributed by atoms with Crippen LogP contribution in [0.25, 0.3) is 10.8 Å². The second-order valence-electron chi connectivity index (χ2n) is 5.20. The molecule has 0 spiro atoms. The van der Waals surface area contributed by atoms with Crippen molar-refractivity contribution < 1.29 is 49.0 Å². The van der Waals surface area contributed by atoms with Crippen molar-refractivity contribution in [3.05, 3.63) is 70.8 Å². The molecule has 3 aromatic carbocycles. The Labute approximate surface area is 168 Å². The molecule has 0 nitrogen and oxygen atoms in total. The van der Waals surface area contributed by atoms with E-state index in [9.17, 15) is 0 Å². The normalized spacial score (nSPS) is 8.65. The molecule has 0 unspecified atom stereocenters. The molecule has 124 valence electrons. The summed E-state index contributed by atoms with van der Waals surface area (Å²) in [6, 6.07) is 16.9. The van der Waals surface area contributed by atoms with E-state index < -0.39 is 0 Å². The van der Waals surface area contributed by atoms with Crippen molar-refractivity contribution in [3.63, 3.8) is 0 Å². The van der Waals surface area contributed by atoms with E-state index in [0.29, 0.717) is 0 Å². The fraction of sp³-hybridized carbons (Fsp3) is 0.250. The molecule has 0 aliphatic rings. The van der Waals surface area contributed by atoms with E-state index in [1.165, 1.54) is 57.3 Å². The zero-order chi connectivity index (χ0) is 15.8. The van der Waals surface area contributed by atoms with E-state index in [1.54, 1.807) is 0 Å². The van der Waals surface area contributed by atoms with Crippen molar-refractivity contribution in [2.24, 2.45) is 0 Å². The van der Waals surface area contributed by atoms with Gasteiger partial charge in [-0.25, -0.2) is 0 Å². The van der Waals surface area contributed by atoms with Crippen LogP contribution in [-0.4, -0.2) is 3.71 Å². The predicted molar refractivity (Wildman–Crippen MR) is 92.3 cm³/mol. The summed E-state index contributed by atoms with van der Waals surface area (Å²) in [5, 5.41) is 2.66. The van der Waals surface area contributed by atoms with Gasteiger partial charge in [-0.2, -0.15) is 45.8 Å². The second-order valence-corrected chi connectivity index (χ2v) is 6.62. The van der Waals surface area contributed by atoms with Crippen molar-refractivity contribution in [2.75, 3.05) is 0 Å². The summed E-state index contributed by atoms with van der Waals surface area (Å²) in [4.78, 5) is 0. The molecule has 0 heterocycles. The first-order valence-corrected chi connectivity index (χ1v) is 8.68. The van der Waals surface area contributed by atoms with Crippen LogP contribution in [0.1, 0.15) is 29.2 Å². The van der Waals surface area contributed by atoms with Gasteiger partial charge < -0.3 is 24.8 Å². The Hall–Kier alpha value is -0.487. The summed E-state index contributed by atoms with van der Waals surface area (Å²) in [5.74, 6) is 0. The van der Waals surface area contributed by atoms with Gasteiger partial charge in [-0.05, 0) is 0 Å². The fourth-order valence-electron chi connectivity index (χ4n) is 2.20. The molecule has 0 amide bonds. The van der Waals surface area contributed by atoms with E-state index >= 15 is 0 Å². The Bertz CT molecular complexity index is 640. The van der Waals surface area contributed by atoms with Crippen LogP contribution < -0.4 is 24.8 Å². The minimum absolute atomic E-state index is 0. The van der Waals surface area contributed by atoms with Gasteiger partial charge in [0.15, 0.2) is 0 Å². The third kappa shape index (κ3) is 7.75. The van der Waals surface area contributed by atoms with Crippen LogP contribution in [-0.2, 0) is 24.2 Å². The largest absolute Gasteiger partial charge is 1.00 e. The maximum atomic E-state index is 2.24. The van der Waals surface area contributed by atoms with E-state index in [-0.39, 0.29) is 24.8 Å². The standard InChI is InChI=1S/C9H7.C9H13.C2H4.2ClH.Zr/c1-2-5-9-7-3-6-8(9)4-1;1-6-5-7(2)9(4)8(6)3;1-2;;;/h1-7H;5H,1-4H3;1H,2H3;2*1H;/q2*-1;;;;+2/p-2. The molecular weight excluding hydrogens is 402 g/mol. The summed E-state index contributed by atoms with van der Waals surface area (Å²) in [6.07, 6.45) is 0. The molecule has 3 aromatic rings. The SMILES string of the molecule is C[CH]=[Zr+2].Cc1c[c-](C)c(C)c1C.[Cl-].[Cl-].c1ccc2[cH-]ccc2c1.